The van der Waals surface area contributed by atoms with E-state index in [1.165, 1.54) is 0 Å². The van der Waals surface area contributed by atoms with Crippen molar-refractivity contribution in [3.63, 3.8) is 0 Å². The molecule has 4 nitrogen and oxygen atoms in total. The lowest BCUT2D eigenvalue weighted by molar-refractivity contribution is 0.391. The zero-order valence-electron chi connectivity index (χ0n) is 11.8. The van der Waals surface area contributed by atoms with E-state index in [1.54, 1.807) is 18.9 Å². The van der Waals surface area contributed by atoms with Gasteiger partial charge in [-0.25, -0.2) is 0 Å². The lowest BCUT2D eigenvalue weighted by Crippen LogP contribution is -1.87. The molecule has 6 heteroatoms. The summed E-state index contributed by atoms with van der Waals surface area (Å²) in [6.07, 6.45) is 0. The first-order valence-electron chi connectivity index (χ1n) is 6.60. The van der Waals surface area contributed by atoms with Crippen LogP contribution in [0.5, 0.6) is 5.75 Å². The fraction of sp³-hybridized carbons (Fsp3) is 0.125. The predicted octanol–water partition coefficient (Wildman–Crippen LogP) is 4.80. The molecule has 0 radical (unpaired) electrons. The highest BCUT2D eigenvalue weighted by Gasteiger charge is 2.10. The summed E-state index contributed by atoms with van der Waals surface area (Å²) in [6.45, 7) is 0. The molecule has 0 saturated heterocycles. The van der Waals surface area contributed by atoms with Crippen LogP contribution < -0.4 is 4.74 Å². The number of ether oxygens (including phenoxy) is 1. The van der Waals surface area contributed by atoms with E-state index in [2.05, 4.69) is 26.1 Å². The second-order valence-electron chi connectivity index (χ2n) is 4.46. The quantitative estimate of drug-likeness (QED) is 0.598. The molecule has 0 amide bonds. The van der Waals surface area contributed by atoms with E-state index < -0.39 is 0 Å². The van der Waals surface area contributed by atoms with Gasteiger partial charge in [0.1, 0.15) is 5.75 Å². The van der Waals surface area contributed by atoms with Crippen LogP contribution in [0.3, 0.4) is 0 Å². The maximum absolute atomic E-state index is 5.33. The molecule has 0 spiro atoms. The molecular weight excluding hydrogens is 364 g/mol. The summed E-state index contributed by atoms with van der Waals surface area (Å²) in [4.78, 5) is 5.48. The van der Waals surface area contributed by atoms with Crippen molar-refractivity contribution in [1.82, 2.24) is 10.1 Å². The Kier molecular flexibility index (Phi) is 4.80. The largest absolute Gasteiger partial charge is 0.496 e. The standard InChI is InChI=1S/C16H13BrN2O2S/c1-20-13-7-2-3-8-14(13)22-10-15-18-16(19-21-15)11-5-4-6-12(17)9-11/h2-9H,10H2,1H3. The molecule has 1 heterocycles. The number of benzene rings is 2. The number of hydrogen-bond donors (Lipinski definition) is 0. The Morgan fingerprint density at radius 3 is 2.86 bits per heavy atom. The molecule has 0 N–H and O–H groups in total. The lowest BCUT2D eigenvalue weighted by atomic mass is 10.2. The van der Waals surface area contributed by atoms with Crippen LogP contribution in [0.2, 0.25) is 0 Å². The minimum Gasteiger partial charge on any atom is -0.496 e. The van der Waals surface area contributed by atoms with E-state index in [-0.39, 0.29) is 0 Å². The fourth-order valence-corrected chi connectivity index (χ4v) is 3.20. The van der Waals surface area contributed by atoms with E-state index in [0.29, 0.717) is 17.5 Å². The van der Waals surface area contributed by atoms with Crippen LogP contribution in [0.15, 0.2) is 62.4 Å². The molecule has 0 unspecified atom stereocenters. The van der Waals surface area contributed by atoms with Gasteiger partial charge in [-0.15, -0.1) is 11.8 Å². The molecule has 0 atom stereocenters. The van der Waals surface area contributed by atoms with Gasteiger partial charge in [-0.3, -0.25) is 0 Å². The Bertz CT molecular complexity index is 776. The van der Waals surface area contributed by atoms with Gasteiger partial charge in [0.2, 0.25) is 11.7 Å². The van der Waals surface area contributed by atoms with Gasteiger partial charge in [-0.1, -0.05) is 45.4 Å². The van der Waals surface area contributed by atoms with Gasteiger partial charge in [0.25, 0.3) is 0 Å². The SMILES string of the molecule is COc1ccccc1SCc1nc(-c2cccc(Br)c2)no1. The van der Waals surface area contributed by atoms with E-state index >= 15 is 0 Å². The Balaban J connectivity index is 1.72. The first-order chi connectivity index (χ1) is 10.8. The molecule has 0 aliphatic heterocycles. The maximum Gasteiger partial charge on any atom is 0.237 e. The van der Waals surface area contributed by atoms with Crippen LogP contribution in [0.1, 0.15) is 5.89 Å². The lowest BCUT2D eigenvalue weighted by Gasteiger charge is -2.05. The van der Waals surface area contributed by atoms with Crippen LogP contribution in [0, 0.1) is 0 Å². The van der Waals surface area contributed by atoms with Crippen molar-refractivity contribution in [2.75, 3.05) is 7.11 Å². The van der Waals surface area contributed by atoms with Crippen LogP contribution in [0.25, 0.3) is 11.4 Å². The van der Waals surface area contributed by atoms with Gasteiger partial charge in [-0.2, -0.15) is 4.98 Å². The molecule has 3 aromatic rings. The van der Waals surface area contributed by atoms with Crippen LogP contribution in [-0.2, 0) is 5.75 Å². The highest BCUT2D eigenvalue weighted by atomic mass is 79.9. The third-order valence-corrected chi connectivity index (χ3v) is 4.50. The summed E-state index contributed by atoms with van der Waals surface area (Å²) in [5.41, 5.74) is 0.923. The minimum absolute atomic E-state index is 0.589. The summed E-state index contributed by atoms with van der Waals surface area (Å²) in [6, 6.07) is 15.7. The van der Waals surface area contributed by atoms with Gasteiger partial charge in [0.05, 0.1) is 12.9 Å². The third kappa shape index (κ3) is 3.51. The Hall–Kier alpha value is -1.79. The van der Waals surface area contributed by atoms with Crippen molar-refractivity contribution in [1.29, 1.82) is 0 Å². The Morgan fingerprint density at radius 2 is 2.05 bits per heavy atom. The molecule has 112 valence electrons. The van der Waals surface area contributed by atoms with Crippen molar-refractivity contribution >= 4 is 27.7 Å². The molecule has 0 aliphatic rings. The molecule has 0 bridgehead atoms. The Morgan fingerprint density at radius 1 is 1.18 bits per heavy atom. The summed E-state index contributed by atoms with van der Waals surface area (Å²) in [5.74, 6) is 2.63. The zero-order valence-corrected chi connectivity index (χ0v) is 14.2. The molecule has 0 aliphatic carbocycles. The highest BCUT2D eigenvalue weighted by Crippen LogP contribution is 2.31. The number of thioether (sulfide) groups is 1. The number of rotatable bonds is 5. The van der Waals surface area contributed by atoms with Crippen LogP contribution in [0.4, 0.5) is 0 Å². The minimum atomic E-state index is 0.589. The topological polar surface area (TPSA) is 48.2 Å². The molecule has 22 heavy (non-hydrogen) atoms. The molecule has 1 aromatic heterocycles. The van der Waals surface area contributed by atoms with E-state index in [1.807, 2.05) is 48.5 Å². The van der Waals surface area contributed by atoms with E-state index in [9.17, 15) is 0 Å². The number of nitrogens with zero attached hydrogens (tertiary/aromatic N) is 2. The average molecular weight is 377 g/mol. The summed E-state index contributed by atoms with van der Waals surface area (Å²) in [7, 11) is 1.66. The van der Waals surface area contributed by atoms with Crippen LogP contribution >= 0.6 is 27.7 Å². The van der Waals surface area contributed by atoms with Gasteiger partial charge < -0.3 is 9.26 Å². The molecule has 0 fully saturated rings. The monoisotopic (exact) mass is 376 g/mol. The van der Waals surface area contributed by atoms with Crippen molar-refractivity contribution in [2.24, 2.45) is 0 Å². The smallest absolute Gasteiger partial charge is 0.237 e. The number of aromatic nitrogens is 2. The molecule has 0 saturated carbocycles. The van der Waals surface area contributed by atoms with Crippen molar-refractivity contribution in [3.8, 4) is 17.1 Å². The number of methoxy groups -OCH3 is 1. The fourth-order valence-electron chi connectivity index (χ4n) is 1.94. The van der Waals surface area contributed by atoms with Gasteiger partial charge in [-0.05, 0) is 24.3 Å². The van der Waals surface area contributed by atoms with Crippen molar-refractivity contribution in [3.05, 3.63) is 58.9 Å². The second kappa shape index (κ2) is 6.98. The molecular formula is C16H13BrN2O2S. The van der Waals surface area contributed by atoms with Crippen LogP contribution in [-0.4, -0.2) is 17.3 Å². The molecule has 3 rings (SSSR count). The summed E-state index contributed by atoms with van der Waals surface area (Å²) < 4.78 is 11.6. The van der Waals surface area contributed by atoms with E-state index in [4.69, 9.17) is 9.26 Å². The highest BCUT2D eigenvalue weighted by molar-refractivity contribution is 9.10. The predicted molar refractivity (Wildman–Crippen MR) is 90.0 cm³/mol. The van der Waals surface area contributed by atoms with Crippen molar-refractivity contribution in [2.45, 2.75) is 10.6 Å². The normalized spacial score (nSPS) is 10.6. The first kappa shape index (κ1) is 15.1. The maximum atomic E-state index is 5.33. The summed E-state index contributed by atoms with van der Waals surface area (Å²) in [5, 5.41) is 4.03. The number of hydrogen-bond acceptors (Lipinski definition) is 5. The first-order valence-corrected chi connectivity index (χ1v) is 8.38. The number of para-hydroxylation sites is 1. The van der Waals surface area contributed by atoms with Gasteiger partial charge >= 0.3 is 0 Å². The molecule has 2 aromatic carbocycles. The Labute approximate surface area is 141 Å². The second-order valence-corrected chi connectivity index (χ2v) is 6.39. The van der Waals surface area contributed by atoms with Crippen molar-refractivity contribution < 1.29 is 9.26 Å². The van der Waals surface area contributed by atoms with E-state index in [0.717, 1.165) is 20.7 Å². The number of halogens is 1. The zero-order chi connectivity index (χ0) is 15.4. The third-order valence-electron chi connectivity index (χ3n) is 2.97. The average Bonchev–Trinajstić information content (AvgIpc) is 3.02. The van der Waals surface area contributed by atoms with Gasteiger partial charge in [0.15, 0.2) is 0 Å². The summed E-state index contributed by atoms with van der Waals surface area (Å²) >= 11 is 5.05. The van der Waals surface area contributed by atoms with Gasteiger partial charge in [0, 0.05) is 14.9 Å².